The molecule has 1 amide bonds. The first-order valence-corrected chi connectivity index (χ1v) is 7.66. The van der Waals surface area contributed by atoms with Gasteiger partial charge in [0.25, 0.3) is 5.91 Å². The fourth-order valence-electron chi connectivity index (χ4n) is 2.26. The number of benzene rings is 2. The van der Waals surface area contributed by atoms with Gasteiger partial charge in [-0.05, 0) is 42.3 Å². The Balaban J connectivity index is 2.24. The average molecular weight is 331 g/mol. The molecule has 0 N–H and O–H groups in total. The summed E-state index contributed by atoms with van der Waals surface area (Å²) >= 11 is 5.87. The third-order valence-corrected chi connectivity index (χ3v) is 3.63. The molecule has 3 nitrogen and oxygen atoms in total. The largest absolute Gasteiger partial charge is 0.334 e. The minimum absolute atomic E-state index is 0.0282. The van der Waals surface area contributed by atoms with Gasteiger partial charge in [0.15, 0.2) is 0 Å². The fraction of sp³-hybridized carbons (Fsp3) is 0.222. The zero-order chi connectivity index (χ0) is 16.8. The van der Waals surface area contributed by atoms with Crippen molar-refractivity contribution in [2.45, 2.75) is 19.9 Å². The van der Waals surface area contributed by atoms with Crippen LogP contribution in [-0.4, -0.2) is 17.4 Å². The number of rotatable bonds is 5. The molecule has 23 heavy (non-hydrogen) atoms. The Labute approximate surface area is 139 Å². The second-order valence-electron chi connectivity index (χ2n) is 5.16. The van der Waals surface area contributed by atoms with Crippen molar-refractivity contribution in [3.05, 3.63) is 70.0 Å². The Morgan fingerprint density at radius 2 is 1.96 bits per heavy atom. The molecule has 0 heterocycles. The second kappa shape index (κ2) is 7.75. The van der Waals surface area contributed by atoms with Crippen LogP contribution >= 0.6 is 11.6 Å². The van der Waals surface area contributed by atoms with E-state index in [1.54, 1.807) is 29.2 Å². The van der Waals surface area contributed by atoms with Crippen LogP contribution in [0, 0.1) is 17.1 Å². The molecule has 118 valence electrons. The first-order chi connectivity index (χ1) is 11.0. The molecule has 0 saturated carbocycles. The summed E-state index contributed by atoms with van der Waals surface area (Å²) in [6.07, 6.45) is 0.754. The summed E-state index contributed by atoms with van der Waals surface area (Å²) in [5.74, 6) is -0.975. The maximum atomic E-state index is 13.9. The maximum absolute atomic E-state index is 13.9. The smallest absolute Gasteiger partial charge is 0.257 e. The molecular formula is C18H16ClFN2O. The van der Waals surface area contributed by atoms with Crippen LogP contribution in [-0.2, 0) is 6.54 Å². The van der Waals surface area contributed by atoms with Gasteiger partial charge in [0.1, 0.15) is 5.82 Å². The molecule has 0 aromatic heterocycles. The number of hydrogen-bond donors (Lipinski definition) is 0. The predicted molar refractivity (Wildman–Crippen MR) is 87.6 cm³/mol. The molecule has 0 unspecified atom stereocenters. The molecule has 0 radical (unpaired) electrons. The third-order valence-electron chi connectivity index (χ3n) is 3.40. The van der Waals surface area contributed by atoms with Crippen LogP contribution in [0.2, 0.25) is 5.02 Å². The zero-order valence-corrected chi connectivity index (χ0v) is 13.5. The average Bonchev–Trinajstić information content (AvgIpc) is 2.56. The van der Waals surface area contributed by atoms with E-state index in [4.69, 9.17) is 16.9 Å². The Bertz CT molecular complexity index is 738. The molecule has 0 aliphatic carbocycles. The molecule has 2 aromatic carbocycles. The highest BCUT2D eigenvalue weighted by atomic mass is 35.5. The molecule has 0 aliphatic rings. The van der Waals surface area contributed by atoms with E-state index in [0.717, 1.165) is 12.0 Å². The van der Waals surface area contributed by atoms with E-state index in [1.165, 1.54) is 18.2 Å². The molecule has 0 atom stereocenters. The quantitative estimate of drug-likeness (QED) is 0.815. The van der Waals surface area contributed by atoms with E-state index in [0.29, 0.717) is 23.7 Å². The first kappa shape index (κ1) is 17.0. The van der Waals surface area contributed by atoms with Crippen molar-refractivity contribution < 1.29 is 9.18 Å². The van der Waals surface area contributed by atoms with Crippen molar-refractivity contribution in [2.24, 2.45) is 0 Å². The lowest BCUT2D eigenvalue weighted by atomic mass is 10.1. The molecule has 0 saturated heterocycles. The van der Waals surface area contributed by atoms with Crippen LogP contribution in [0.4, 0.5) is 4.39 Å². The van der Waals surface area contributed by atoms with Crippen LogP contribution in [0.15, 0.2) is 42.5 Å². The van der Waals surface area contributed by atoms with Gasteiger partial charge in [-0.3, -0.25) is 4.79 Å². The van der Waals surface area contributed by atoms with Crippen LogP contribution in [0.1, 0.15) is 34.8 Å². The normalized spacial score (nSPS) is 10.2. The Hall–Kier alpha value is -2.38. The lowest BCUT2D eigenvalue weighted by Crippen LogP contribution is -2.32. The monoisotopic (exact) mass is 330 g/mol. The molecule has 2 rings (SSSR count). The summed E-state index contributed by atoms with van der Waals surface area (Å²) in [4.78, 5) is 14.2. The zero-order valence-electron chi connectivity index (χ0n) is 12.7. The van der Waals surface area contributed by atoms with Crippen LogP contribution in [0.3, 0.4) is 0 Å². The minimum atomic E-state index is -0.583. The van der Waals surface area contributed by atoms with Crippen LogP contribution < -0.4 is 0 Å². The van der Waals surface area contributed by atoms with Crippen LogP contribution in [0.25, 0.3) is 0 Å². The number of carbonyl (C=O) groups is 1. The summed E-state index contributed by atoms with van der Waals surface area (Å²) in [5.41, 5.74) is 1.41. The number of hydrogen-bond acceptors (Lipinski definition) is 2. The van der Waals surface area contributed by atoms with Crippen molar-refractivity contribution in [3.8, 4) is 6.07 Å². The minimum Gasteiger partial charge on any atom is -0.334 e. The summed E-state index contributed by atoms with van der Waals surface area (Å²) in [5, 5.41) is 9.14. The topological polar surface area (TPSA) is 44.1 Å². The fourth-order valence-corrected chi connectivity index (χ4v) is 2.43. The van der Waals surface area contributed by atoms with Gasteiger partial charge in [-0.1, -0.05) is 30.7 Å². The second-order valence-corrected chi connectivity index (χ2v) is 5.60. The van der Waals surface area contributed by atoms with Crippen molar-refractivity contribution in [2.75, 3.05) is 6.54 Å². The van der Waals surface area contributed by atoms with Crippen molar-refractivity contribution >= 4 is 17.5 Å². The van der Waals surface area contributed by atoms with E-state index in [9.17, 15) is 9.18 Å². The highest BCUT2D eigenvalue weighted by Crippen LogP contribution is 2.18. The van der Waals surface area contributed by atoms with E-state index in [1.807, 2.05) is 6.92 Å². The number of halogens is 2. The summed E-state index contributed by atoms with van der Waals surface area (Å²) < 4.78 is 13.9. The van der Waals surface area contributed by atoms with Crippen LogP contribution in [0.5, 0.6) is 0 Å². The van der Waals surface area contributed by atoms with Gasteiger partial charge in [0.05, 0.1) is 17.2 Å². The highest BCUT2D eigenvalue weighted by molar-refractivity contribution is 6.31. The Kier molecular flexibility index (Phi) is 5.72. The van der Waals surface area contributed by atoms with Gasteiger partial charge in [-0.15, -0.1) is 0 Å². The first-order valence-electron chi connectivity index (χ1n) is 7.28. The molecule has 0 fully saturated rings. The Morgan fingerprint density at radius 3 is 2.57 bits per heavy atom. The number of carbonyl (C=O) groups excluding carboxylic acids is 1. The Morgan fingerprint density at radius 1 is 1.26 bits per heavy atom. The summed E-state index contributed by atoms with van der Waals surface area (Å²) in [7, 11) is 0. The molecule has 0 spiro atoms. The van der Waals surface area contributed by atoms with Crippen molar-refractivity contribution in [3.63, 3.8) is 0 Å². The number of amides is 1. The molecule has 2 aromatic rings. The number of nitrogens with zero attached hydrogens (tertiary/aromatic N) is 2. The highest BCUT2D eigenvalue weighted by Gasteiger charge is 2.19. The SMILES string of the molecule is CCCN(Cc1ccc(C#N)cc1)C(=O)c1cc(Cl)ccc1F. The van der Waals surface area contributed by atoms with Gasteiger partial charge >= 0.3 is 0 Å². The summed E-state index contributed by atoms with van der Waals surface area (Å²) in [6.45, 7) is 2.81. The third kappa shape index (κ3) is 4.30. The van der Waals surface area contributed by atoms with Gasteiger partial charge < -0.3 is 4.90 Å². The van der Waals surface area contributed by atoms with Gasteiger partial charge in [-0.2, -0.15) is 5.26 Å². The molecule has 0 bridgehead atoms. The van der Waals surface area contributed by atoms with Crippen molar-refractivity contribution in [1.29, 1.82) is 5.26 Å². The van der Waals surface area contributed by atoms with Gasteiger partial charge in [0.2, 0.25) is 0 Å². The van der Waals surface area contributed by atoms with E-state index >= 15 is 0 Å². The predicted octanol–water partition coefficient (Wildman–Crippen LogP) is 4.40. The lowest BCUT2D eigenvalue weighted by molar-refractivity contribution is 0.0738. The molecule has 0 aliphatic heterocycles. The molecule has 5 heteroatoms. The van der Waals surface area contributed by atoms with E-state index in [-0.39, 0.29) is 5.56 Å². The number of nitriles is 1. The standard InChI is InChI=1S/C18H16ClFN2O/c1-2-9-22(12-14-5-3-13(11-21)4-6-14)18(23)16-10-15(19)7-8-17(16)20/h3-8,10H,2,9,12H2,1H3. The van der Waals surface area contributed by atoms with Crippen molar-refractivity contribution in [1.82, 2.24) is 4.90 Å². The summed E-state index contributed by atoms with van der Waals surface area (Å²) in [6, 6.07) is 13.0. The van der Waals surface area contributed by atoms with E-state index < -0.39 is 11.7 Å². The lowest BCUT2D eigenvalue weighted by Gasteiger charge is -2.22. The van der Waals surface area contributed by atoms with Gasteiger partial charge in [-0.25, -0.2) is 4.39 Å². The molecular weight excluding hydrogens is 315 g/mol. The van der Waals surface area contributed by atoms with Gasteiger partial charge in [0, 0.05) is 18.1 Å². The van der Waals surface area contributed by atoms with E-state index in [2.05, 4.69) is 6.07 Å². The maximum Gasteiger partial charge on any atom is 0.257 e.